The fraction of sp³-hybridized carbons (Fsp3) is 0.182. The van der Waals surface area contributed by atoms with Gasteiger partial charge in [0.05, 0.1) is 0 Å². The van der Waals surface area contributed by atoms with Gasteiger partial charge in [-0.1, -0.05) is 12.1 Å². The first-order chi connectivity index (χ1) is 6.29. The van der Waals surface area contributed by atoms with E-state index in [0.29, 0.717) is 0 Å². The number of benzene rings is 1. The molecule has 2 nitrogen and oxygen atoms in total. The van der Waals surface area contributed by atoms with Crippen molar-refractivity contribution < 1.29 is 4.79 Å². The summed E-state index contributed by atoms with van der Waals surface area (Å²) in [6, 6.07) is 8.37. The molecule has 1 aromatic carbocycles. The van der Waals surface area contributed by atoms with Crippen molar-refractivity contribution in [3.63, 3.8) is 0 Å². The Morgan fingerprint density at radius 1 is 1.31 bits per heavy atom. The molecule has 13 heavy (non-hydrogen) atoms. The smallest absolute Gasteiger partial charge is 0.116 e. The van der Waals surface area contributed by atoms with Crippen molar-refractivity contribution in [3.8, 4) is 0 Å². The molecule has 2 rings (SSSR count). The van der Waals surface area contributed by atoms with Gasteiger partial charge in [0.2, 0.25) is 0 Å². The molecule has 0 bridgehead atoms. The number of aromatic nitrogens is 1. The molecule has 0 saturated carbocycles. The number of aromatic amines is 1. The second-order valence-corrected chi connectivity index (χ2v) is 2.75. The molecule has 0 aliphatic rings. The Balaban J connectivity index is 0.000000251. The maximum Gasteiger partial charge on any atom is 0.116 e. The van der Waals surface area contributed by atoms with Gasteiger partial charge in [0.1, 0.15) is 6.29 Å². The fourth-order valence-electron chi connectivity index (χ4n) is 1.24. The SMILES string of the molecule is CC=O.Cc1cccc2[nH]ccc12. The van der Waals surface area contributed by atoms with Gasteiger partial charge in [0.15, 0.2) is 0 Å². The van der Waals surface area contributed by atoms with Gasteiger partial charge in [-0.2, -0.15) is 0 Å². The number of carbonyl (C=O) groups excluding carboxylic acids is 1. The average molecular weight is 175 g/mol. The van der Waals surface area contributed by atoms with Gasteiger partial charge in [-0.3, -0.25) is 0 Å². The molecule has 0 saturated heterocycles. The highest BCUT2D eigenvalue weighted by atomic mass is 16.1. The number of rotatable bonds is 0. The number of carbonyl (C=O) groups is 1. The molecule has 0 radical (unpaired) electrons. The molecule has 1 heterocycles. The Hall–Kier alpha value is -1.57. The molecular formula is C11H13NO. The highest BCUT2D eigenvalue weighted by molar-refractivity contribution is 5.82. The van der Waals surface area contributed by atoms with E-state index in [-0.39, 0.29) is 0 Å². The molecule has 68 valence electrons. The van der Waals surface area contributed by atoms with Crippen molar-refractivity contribution in [2.75, 3.05) is 0 Å². The average Bonchev–Trinajstić information content (AvgIpc) is 2.54. The minimum atomic E-state index is 0.750. The topological polar surface area (TPSA) is 32.9 Å². The largest absolute Gasteiger partial charge is 0.361 e. The molecule has 0 spiro atoms. The van der Waals surface area contributed by atoms with Crippen LogP contribution in [-0.4, -0.2) is 11.3 Å². The third-order valence-electron chi connectivity index (χ3n) is 1.81. The third-order valence-corrected chi connectivity index (χ3v) is 1.81. The van der Waals surface area contributed by atoms with Gasteiger partial charge in [0, 0.05) is 17.1 Å². The normalized spacial score (nSPS) is 9.08. The maximum absolute atomic E-state index is 8.81. The number of hydrogen-bond donors (Lipinski definition) is 1. The summed E-state index contributed by atoms with van der Waals surface area (Å²) in [5.41, 5.74) is 2.55. The Bertz CT molecular complexity index is 390. The van der Waals surface area contributed by atoms with E-state index in [4.69, 9.17) is 4.79 Å². The highest BCUT2D eigenvalue weighted by Gasteiger charge is 1.93. The first-order valence-corrected chi connectivity index (χ1v) is 4.22. The summed E-state index contributed by atoms with van der Waals surface area (Å²) in [6.07, 6.45) is 2.72. The summed E-state index contributed by atoms with van der Waals surface area (Å²) in [6.45, 7) is 3.57. The minimum Gasteiger partial charge on any atom is -0.361 e. The summed E-state index contributed by atoms with van der Waals surface area (Å²) >= 11 is 0. The Labute approximate surface area is 77.6 Å². The van der Waals surface area contributed by atoms with Crippen LogP contribution in [0.2, 0.25) is 0 Å². The molecule has 0 atom stereocenters. The fourth-order valence-corrected chi connectivity index (χ4v) is 1.24. The molecule has 1 aromatic heterocycles. The number of hydrogen-bond acceptors (Lipinski definition) is 1. The number of H-pyrrole nitrogens is 1. The minimum absolute atomic E-state index is 0.750. The quantitative estimate of drug-likeness (QED) is 0.613. The lowest BCUT2D eigenvalue weighted by Crippen LogP contribution is -1.71. The standard InChI is InChI=1S/C9H9N.C2H4O/c1-7-3-2-4-9-8(7)5-6-10-9;1-2-3/h2-6,10H,1H3;2H,1H3. The Morgan fingerprint density at radius 3 is 2.62 bits per heavy atom. The van der Waals surface area contributed by atoms with Gasteiger partial charge in [-0.15, -0.1) is 0 Å². The third kappa shape index (κ3) is 2.18. The van der Waals surface area contributed by atoms with Crippen molar-refractivity contribution >= 4 is 17.2 Å². The van der Waals surface area contributed by atoms with Crippen LogP contribution in [0.25, 0.3) is 10.9 Å². The second kappa shape index (κ2) is 4.45. The van der Waals surface area contributed by atoms with Crippen molar-refractivity contribution in [3.05, 3.63) is 36.0 Å². The first kappa shape index (κ1) is 9.52. The van der Waals surface area contributed by atoms with Gasteiger partial charge in [0.25, 0.3) is 0 Å². The van der Waals surface area contributed by atoms with E-state index in [1.807, 2.05) is 6.20 Å². The lowest BCUT2D eigenvalue weighted by molar-refractivity contribution is -0.106. The van der Waals surface area contributed by atoms with Crippen LogP contribution in [0.4, 0.5) is 0 Å². The van der Waals surface area contributed by atoms with E-state index in [2.05, 4.69) is 36.2 Å². The van der Waals surface area contributed by atoms with Crippen molar-refractivity contribution in [2.24, 2.45) is 0 Å². The van der Waals surface area contributed by atoms with Crippen LogP contribution in [0.15, 0.2) is 30.5 Å². The van der Waals surface area contributed by atoms with Crippen LogP contribution < -0.4 is 0 Å². The van der Waals surface area contributed by atoms with Crippen LogP contribution >= 0.6 is 0 Å². The molecule has 0 unspecified atom stereocenters. The van der Waals surface area contributed by atoms with E-state index >= 15 is 0 Å². The zero-order chi connectivity index (χ0) is 9.68. The van der Waals surface area contributed by atoms with E-state index in [0.717, 1.165) is 6.29 Å². The van der Waals surface area contributed by atoms with E-state index in [1.165, 1.54) is 23.4 Å². The van der Waals surface area contributed by atoms with Crippen LogP contribution in [-0.2, 0) is 4.79 Å². The predicted octanol–water partition coefficient (Wildman–Crippen LogP) is 2.68. The number of aryl methyl sites for hydroxylation is 1. The lowest BCUT2D eigenvalue weighted by atomic mass is 10.1. The maximum atomic E-state index is 8.81. The molecule has 0 amide bonds. The summed E-state index contributed by atoms with van der Waals surface area (Å²) in [5, 5.41) is 1.32. The molecule has 0 fully saturated rings. The van der Waals surface area contributed by atoms with Crippen LogP contribution in [0.1, 0.15) is 12.5 Å². The van der Waals surface area contributed by atoms with Gasteiger partial charge in [-0.05, 0) is 31.5 Å². The monoisotopic (exact) mass is 175 g/mol. The molecular weight excluding hydrogens is 162 g/mol. The Morgan fingerprint density at radius 2 is 2.00 bits per heavy atom. The lowest BCUT2D eigenvalue weighted by Gasteiger charge is -1.92. The van der Waals surface area contributed by atoms with Gasteiger partial charge < -0.3 is 9.78 Å². The van der Waals surface area contributed by atoms with Crippen molar-refractivity contribution in [2.45, 2.75) is 13.8 Å². The zero-order valence-corrected chi connectivity index (χ0v) is 7.87. The van der Waals surface area contributed by atoms with E-state index in [9.17, 15) is 0 Å². The van der Waals surface area contributed by atoms with Crippen molar-refractivity contribution in [1.82, 2.24) is 4.98 Å². The molecule has 0 aliphatic carbocycles. The highest BCUT2D eigenvalue weighted by Crippen LogP contribution is 2.15. The van der Waals surface area contributed by atoms with Crippen LogP contribution in [0, 0.1) is 6.92 Å². The van der Waals surface area contributed by atoms with Crippen molar-refractivity contribution in [1.29, 1.82) is 0 Å². The summed E-state index contributed by atoms with van der Waals surface area (Å²) in [5.74, 6) is 0. The number of aldehydes is 1. The summed E-state index contributed by atoms with van der Waals surface area (Å²) in [4.78, 5) is 12.0. The summed E-state index contributed by atoms with van der Waals surface area (Å²) < 4.78 is 0. The van der Waals surface area contributed by atoms with Crippen LogP contribution in [0.5, 0.6) is 0 Å². The summed E-state index contributed by atoms with van der Waals surface area (Å²) in [7, 11) is 0. The van der Waals surface area contributed by atoms with Gasteiger partial charge >= 0.3 is 0 Å². The second-order valence-electron chi connectivity index (χ2n) is 2.75. The number of nitrogens with one attached hydrogen (secondary N) is 1. The zero-order valence-electron chi connectivity index (χ0n) is 7.87. The Kier molecular flexibility index (Phi) is 3.26. The molecule has 0 aliphatic heterocycles. The number of fused-ring (bicyclic) bond motifs is 1. The molecule has 1 N–H and O–H groups in total. The van der Waals surface area contributed by atoms with E-state index in [1.54, 1.807) is 0 Å². The molecule has 2 heteroatoms. The predicted molar refractivity (Wildman–Crippen MR) is 54.8 cm³/mol. The molecule has 2 aromatic rings. The van der Waals surface area contributed by atoms with E-state index < -0.39 is 0 Å². The first-order valence-electron chi connectivity index (χ1n) is 4.22. The van der Waals surface area contributed by atoms with Gasteiger partial charge in [-0.25, -0.2) is 0 Å². The van der Waals surface area contributed by atoms with Crippen LogP contribution in [0.3, 0.4) is 0 Å².